The summed E-state index contributed by atoms with van der Waals surface area (Å²) in [4.78, 5) is 27.4. The van der Waals surface area contributed by atoms with Crippen molar-refractivity contribution in [3.63, 3.8) is 0 Å². The third-order valence-electron chi connectivity index (χ3n) is 5.15. The van der Waals surface area contributed by atoms with E-state index in [1.807, 2.05) is 55.1 Å². The van der Waals surface area contributed by atoms with Crippen LogP contribution in [0.5, 0.6) is 5.75 Å². The number of carbonyl (C=O) groups is 2. The highest BCUT2D eigenvalue weighted by molar-refractivity contribution is 5.95. The molecule has 0 spiro atoms. The van der Waals surface area contributed by atoms with Crippen molar-refractivity contribution in [1.82, 2.24) is 10.2 Å². The fourth-order valence-electron chi connectivity index (χ4n) is 3.77. The van der Waals surface area contributed by atoms with Gasteiger partial charge < -0.3 is 15.0 Å². The van der Waals surface area contributed by atoms with E-state index in [4.69, 9.17) is 4.74 Å². The number of rotatable bonds is 5. The van der Waals surface area contributed by atoms with Crippen LogP contribution in [-0.2, 0) is 11.3 Å². The van der Waals surface area contributed by atoms with E-state index in [2.05, 4.69) is 11.4 Å². The topological polar surface area (TPSA) is 58.6 Å². The Kier molecular flexibility index (Phi) is 6.34. The number of amides is 2. The maximum absolute atomic E-state index is 12.9. The predicted molar refractivity (Wildman–Crippen MR) is 109 cm³/mol. The Labute approximate surface area is 166 Å². The average Bonchev–Trinajstić information content (AvgIpc) is 2.71. The monoisotopic (exact) mass is 380 g/mol. The molecule has 0 aliphatic carbocycles. The van der Waals surface area contributed by atoms with Crippen LogP contribution in [0.1, 0.15) is 39.9 Å². The minimum atomic E-state index is -0.172. The summed E-state index contributed by atoms with van der Waals surface area (Å²) in [5.41, 5.74) is 3.85. The van der Waals surface area contributed by atoms with Crippen LogP contribution in [0.25, 0.3) is 0 Å². The standard InChI is InChI=1S/C23H28N2O3/c1-16-10-17(2)12-20(11-16)23(27)25-9-5-7-19(15-25)22(26)24-14-18-6-4-8-21(13-18)28-3/h4,6,8,10-13,19H,5,7,9,14-15H2,1-3H3,(H,24,26)/t19-/m0/s1. The Morgan fingerprint density at radius 1 is 1.14 bits per heavy atom. The molecular weight excluding hydrogens is 352 g/mol. The van der Waals surface area contributed by atoms with Crippen molar-refractivity contribution >= 4 is 11.8 Å². The molecule has 2 amide bonds. The zero-order chi connectivity index (χ0) is 20.1. The molecule has 5 nitrogen and oxygen atoms in total. The molecule has 1 N–H and O–H groups in total. The van der Waals surface area contributed by atoms with Gasteiger partial charge in [-0.1, -0.05) is 29.3 Å². The third-order valence-corrected chi connectivity index (χ3v) is 5.15. The van der Waals surface area contributed by atoms with Gasteiger partial charge in [0.25, 0.3) is 5.91 Å². The van der Waals surface area contributed by atoms with Crippen LogP contribution in [0.15, 0.2) is 42.5 Å². The van der Waals surface area contributed by atoms with Gasteiger partial charge in [0.05, 0.1) is 13.0 Å². The maximum atomic E-state index is 12.9. The lowest BCUT2D eigenvalue weighted by molar-refractivity contribution is -0.126. The number of hydrogen-bond donors (Lipinski definition) is 1. The van der Waals surface area contributed by atoms with Crippen LogP contribution < -0.4 is 10.1 Å². The molecule has 3 rings (SSSR count). The number of nitrogens with zero attached hydrogens (tertiary/aromatic N) is 1. The highest BCUT2D eigenvalue weighted by Gasteiger charge is 2.29. The fourth-order valence-corrected chi connectivity index (χ4v) is 3.77. The van der Waals surface area contributed by atoms with Gasteiger partial charge >= 0.3 is 0 Å². The lowest BCUT2D eigenvalue weighted by Crippen LogP contribution is -2.45. The lowest BCUT2D eigenvalue weighted by atomic mass is 9.96. The second-order valence-electron chi connectivity index (χ2n) is 7.54. The molecule has 0 radical (unpaired) electrons. The lowest BCUT2D eigenvalue weighted by Gasteiger charge is -2.32. The van der Waals surface area contributed by atoms with Gasteiger partial charge in [0, 0.05) is 25.2 Å². The van der Waals surface area contributed by atoms with Crippen LogP contribution in [0.2, 0.25) is 0 Å². The van der Waals surface area contributed by atoms with Gasteiger partial charge in [0.1, 0.15) is 5.75 Å². The number of ether oxygens (including phenoxy) is 1. The van der Waals surface area contributed by atoms with Gasteiger partial charge in [-0.25, -0.2) is 0 Å². The molecule has 5 heteroatoms. The van der Waals surface area contributed by atoms with Gasteiger partial charge in [0.2, 0.25) is 5.91 Å². The largest absolute Gasteiger partial charge is 0.497 e. The number of methoxy groups -OCH3 is 1. The highest BCUT2D eigenvalue weighted by atomic mass is 16.5. The molecule has 1 saturated heterocycles. The van der Waals surface area contributed by atoms with E-state index >= 15 is 0 Å². The SMILES string of the molecule is COc1cccc(CNC(=O)[C@H]2CCCN(C(=O)c3cc(C)cc(C)c3)C2)c1. The van der Waals surface area contributed by atoms with Gasteiger partial charge in [0.15, 0.2) is 0 Å². The molecule has 0 unspecified atom stereocenters. The average molecular weight is 380 g/mol. The number of hydrogen-bond acceptors (Lipinski definition) is 3. The maximum Gasteiger partial charge on any atom is 0.253 e. The predicted octanol–water partition coefficient (Wildman–Crippen LogP) is 3.48. The molecule has 0 saturated carbocycles. The van der Waals surface area contributed by atoms with Crippen molar-refractivity contribution in [2.75, 3.05) is 20.2 Å². The van der Waals surface area contributed by atoms with Crippen molar-refractivity contribution in [2.45, 2.75) is 33.2 Å². The van der Waals surface area contributed by atoms with Crippen LogP contribution in [-0.4, -0.2) is 36.9 Å². The van der Waals surface area contributed by atoms with E-state index in [0.717, 1.165) is 35.3 Å². The smallest absolute Gasteiger partial charge is 0.253 e. The second kappa shape index (κ2) is 8.91. The van der Waals surface area contributed by atoms with Crippen molar-refractivity contribution in [1.29, 1.82) is 0 Å². The minimum absolute atomic E-state index is 0.000688. The first-order valence-corrected chi connectivity index (χ1v) is 9.74. The highest BCUT2D eigenvalue weighted by Crippen LogP contribution is 2.20. The molecule has 1 atom stereocenters. The zero-order valence-electron chi connectivity index (χ0n) is 16.8. The molecule has 1 heterocycles. The molecule has 148 valence electrons. The van der Waals surface area contributed by atoms with E-state index in [1.165, 1.54) is 0 Å². The van der Waals surface area contributed by atoms with Crippen molar-refractivity contribution in [3.8, 4) is 5.75 Å². The number of aryl methyl sites for hydroxylation is 2. The minimum Gasteiger partial charge on any atom is -0.497 e. The Balaban J connectivity index is 1.60. The number of carbonyl (C=O) groups excluding carboxylic acids is 2. The molecule has 1 fully saturated rings. The normalized spacial score (nSPS) is 16.5. The van der Waals surface area contributed by atoms with E-state index in [0.29, 0.717) is 25.2 Å². The first-order chi connectivity index (χ1) is 13.5. The van der Waals surface area contributed by atoms with Gasteiger partial charge in [-0.15, -0.1) is 0 Å². The fraction of sp³-hybridized carbons (Fsp3) is 0.391. The van der Waals surface area contributed by atoms with Gasteiger partial charge in [-0.3, -0.25) is 9.59 Å². The summed E-state index contributed by atoms with van der Waals surface area (Å²) in [5, 5.41) is 3.01. The molecule has 28 heavy (non-hydrogen) atoms. The summed E-state index contributed by atoms with van der Waals surface area (Å²) in [6.07, 6.45) is 1.65. The first-order valence-electron chi connectivity index (χ1n) is 9.74. The molecule has 0 aromatic heterocycles. The summed E-state index contributed by atoms with van der Waals surface area (Å²) in [6, 6.07) is 13.6. The van der Waals surface area contributed by atoms with Gasteiger partial charge in [-0.2, -0.15) is 0 Å². The first kappa shape index (κ1) is 19.9. The van der Waals surface area contributed by atoms with E-state index in [9.17, 15) is 9.59 Å². The summed E-state index contributed by atoms with van der Waals surface area (Å²) in [7, 11) is 1.63. The van der Waals surface area contributed by atoms with Gasteiger partial charge in [-0.05, 0) is 56.5 Å². The van der Waals surface area contributed by atoms with Crippen molar-refractivity contribution in [3.05, 3.63) is 64.7 Å². The summed E-state index contributed by atoms with van der Waals surface area (Å²) in [6.45, 7) is 5.61. The van der Waals surface area contributed by atoms with Crippen LogP contribution >= 0.6 is 0 Å². The van der Waals surface area contributed by atoms with Crippen molar-refractivity contribution < 1.29 is 14.3 Å². The number of nitrogens with one attached hydrogen (secondary N) is 1. The van der Waals surface area contributed by atoms with E-state index in [1.54, 1.807) is 7.11 Å². The summed E-state index contributed by atoms with van der Waals surface area (Å²) < 4.78 is 5.22. The molecule has 2 aromatic carbocycles. The Hall–Kier alpha value is -2.82. The number of likely N-dealkylation sites (tertiary alicyclic amines) is 1. The van der Waals surface area contributed by atoms with Crippen LogP contribution in [0.3, 0.4) is 0 Å². The zero-order valence-corrected chi connectivity index (χ0v) is 16.8. The molecular formula is C23H28N2O3. The van der Waals surface area contributed by atoms with E-state index in [-0.39, 0.29) is 17.7 Å². The van der Waals surface area contributed by atoms with Crippen LogP contribution in [0, 0.1) is 19.8 Å². The van der Waals surface area contributed by atoms with Crippen LogP contribution in [0.4, 0.5) is 0 Å². The molecule has 0 bridgehead atoms. The summed E-state index contributed by atoms with van der Waals surface area (Å²) >= 11 is 0. The Morgan fingerprint density at radius 3 is 2.61 bits per heavy atom. The second-order valence-corrected chi connectivity index (χ2v) is 7.54. The quantitative estimate of drug-likeness (QED) is 0.864. The Bertz CT molecular complexity index is 842. The van der Waals surface area contributed by atoms with Crippen molar-refractivity contribution in [2.24, 2.45) is 5.92 Å². The number of piperidine rings is 1. The Morgan fingerprint density at radius 2 is 1.89 bits per heavy atom. The number of benzene rings is 2. The third kappa shape index (κ3) is 4.91. The molecule has 1 aliphatic rings. The molecule has 1 aliphatic heterocycles. The van der Waals surface area contributed by atoms with E-state index < -0.39 is 0 Å². The summed E-state index contributed by atoms with van der Waals surface area (Å²) in [5.74, 6) is 0.613. The molecule has 2 aromatic rings.